The maximum absolute atomic E-state index is 11.7. The molecule has 0 aromatic rings. The summed E-state index contributed by atoms with van der Waals surface area (Å²) in [5.41, 5.74) is 0. The molecule has 2 rings (SSSR count). The van der Waals surface area contributed by atoms with Gasteiger partial charge in [0, 0.05) is 0 Å². The Morgan fingerprint density at radius 3 is 1.33 bits per heavy atom. The number of hydrogen-bond donors (Lipinski definition) is 0. The van der Waals surface area contributed by atoms with Crippen LogP contribution >= 0.6 is 0 Å². The Hall–Kier alpha value is -1.72. The van der Waals surface area contributed by atoms with E-state index in [2.05, 4.69) is 32.4 Å². The molecule has 0 aromatic heterocycles. The normalized spacial score (nSPS) is 19.1. The minimum Gasteiger partial charge on any atom is -0.393 e. The van der Waals surface area contributed by atoms with Crippen LogP contribution in [0.4, 0.5) is 0 Å². The second kappa shape index (κ2) is 28.3. The van der Waals surface area contributed by atoms with Crippen molar-refractivity contribution in [1.29, 1.82) is 0 Å². The first-order valence-electron chi connectivity index (χ1n) is 19.8. The van der Waals surface area contributed by atoms with E-state index >= 15 is 0 Å². The molecule has 2 saturated heterocycles. The van der Waals surface area contributed by atoms with E-state index in [9.17, 15) is 19.2 Å². The molecule has 268 valence electrons. The summed E-state index contributed by atoms with van der Waals surface area (Å²) in [5.74, 6) is -0.670. The van der Waals surface area contributed by atoms with Crippen LogP contribution in [0.3, 0.4) is 0 Å². The van der Waals surface area contributed by atoms with Crippen molar-refractivity contribution in [2.45, 2.75) is 207 Å². The zero-order valence-electron chi connectivity index (χ0n) is 30.6. The summed E-state index contributed by atoms with van der Waals surface area (Å²) in [6.45, 7) is 8.83. The molecule has 0 N–H and O–H groups in total. The van der Waals surface area contributed by atoms with Crippen LogP contribution in [0, 0.1) is 23.7 Å². The summed E-state index contributed by atoms with van der Waals surface area (Å²) in [7, 11) is 0. The van der Waals surface area contributed by atoms with Crippen LogP contribution in [-0.4, -0.2) is 23.9 Å². The SMILES string of the molecule is CCCCCCCCCCC(CCCC)CC1CC(=O)OC1=O.CCCCCCCCCCCCCC(CC)C1CC(=O)OC1=O. The number of carbonyl (C=O) groups is 4. The van der Waals surface area contributed by atoms with Gasteiger partial charge in [-0.25, -0.2) is 0 Å². The fourth-order valence-electron chi connectivity index (χ4n) is 7.16. The van der Waals surface area contributed by atoms with Crippen molar-refractivity contribution in [1.82, 2.24) is 0 Å². The molecule has 2 aliphatic heterocycles. The first-order chi connectivity index (χ1) is 22.4. The minimum atomic E-state index is -0.336. The smallest absolute Gasteiger partial charge is 0.317 e. The van der Waals surface area contributed by atoms with Crippen molar-refractivity contribution in [2.24, 2.45) is 23.7 Å². The van der Waals surface area contributed by atoms with Crippen LogP contribution in [0.1, 0.15) is 207 Å². The fourth-order valence-corrected chi connectivity index (χ4v) is 7.16. The number of rotatable bonds is 28. The first kappa shape index (κ1) is 42.3. The standard InChI is InChI=1S/2C20H36O3/c1-3-5-6-7-8-9-10-11-12-13-14-15-17(4-2)18-16-19(21)23-20(18)22;1-3-5-7-8-9-10-11-12-14-17(13-6-4-2)15-18-16-19(21)23-20(18)22/h2*17-18H,3-16H2,1-2H3. The molecular weight excluding hydrogens is 576 g/mol. The quantitative estimate of drug-likeness (QED) is 0.0476. The molecule has 0 spiro atoms. The highest BCUT2D eigenvalue weighted by atomic mass is 16.6. The van der Waals surface area contributed by atoms with Crippen LogP contribution in [0.2, 0.25) is 0 Å². The van der Waals surface area contributed by atoms with Gasteiger partial charge in [0.15, 0.2) is 0 Å². The van der Waals surface area contributed by atoms with Crippen LogP contribution in [0.15, 0.2) is 0 Å². The first-order valence-corrected chi connectivity index (χ1v) is 19.8. The lowest BCUT2D eigenvalue weighted by Gasteiger charge is -2.18. The van der Waals surface area contributed by atoms with Gasteiger partial charge in [0.2, 0.25) is 0 Å². The Morgan fingerprint density at radius 2 is 0.913 bits per heavy atom. The van der Waals surface area contributed by atoms with Gasteiger partial charge in [-0.1, -0.05) is 182 Å². The van der Waals surface area contributed by atoms with E-state index in [-0.39, 0.29) is 35.7 Å². The lowest BCUT2D eigenvalue weighted by Crippen LogP contribution is -2.19. The van der Waals surface area contributed by atoms with Crippen molar-refractivity contribution in [3.05, 3.63) is 0 Å². The molecule has 0 amide bonds. The highest BCUT2D eigenvalue weighted by Gasteiger charge is 2.38. The van der Waals surface area contributed by atoms with Gasteiger partial charge >= 0.3 is 23.9 Å². The lowest BCUT2D eigenvalue weighted by molar-refractivity contribution is -0.155. The fraction of sp³-hybridized carbons (Fsp3) is 0.900. The Kier molecular flexibility index (Phi) is 26.0. The van der Waals surface area contributed by atoms with Crippen LogP contribution in [0.5, 0.6) is 0 Å². The van der Waals surface area contributed by atoms with Crippen molar-refractivity contribution in [3.63, 3.8) is 0 Å². The maximum atomic E-state index is 11.7. The van der Waals surface area contributed by atoms with Crippen molar-refractivity contribution in [3.8, 4) is 0 Å². The highest BCUT2D eigenvalue weighted by molar-refractivity contribution is 5.95. The second-order valence-electron chi connectivity index (χ2n) is 14.3. The molecular formula is C40H72O6. The molecule has 2 heterocycles. The number of hydrogen-bond acceptors (Lipinski definition) is 6. The van der Waals surface area contributed by atoms with Crippen LogP contribution < -0.4 is 0 Å². The number of ether oxygens (including phenoxy) is 2. The minimum absolute atomic E-state index is 0.168. The molecule has 4 atom stereocenters. The van der Waals surface area contributed by atoms with E-state index < -0.39 is 0 Å². The molecule has 0 aliphatic carbocycles. The van der Waals surface area contributed by atoms with Gasteiger partial charge in [-0.05, 0) is 24.7 Å². The molecule has 6 heteroatoms. The van der Waals surface area contributed by atoms with Crippen molar-refractivity contribution < 1.29 is 28.7 Å². The summed E-state index contributed by atoms with van der Waals surface area (Å²) in [6.07, 6.45) is 33.7. The van der Waals surface area contributed by atoms with Gasteiger partial charge in [-0.3, -0.25) is 19.2 Å². The molecule has 0 saturated carbocycles. The van der Waals surface area contributed by atoms with Gasteiger partial charge in [-0.2, -0.15) is 0 Å². The molecule has 46 heavy (non-hydrogen) atoms. The Morgan fingerprint density at radius 1 is 0.500 bits per heavy atom. The zero-order valence-corrected chi connectivity index (χ0v) is 30.6. The third-order valence-corrected chi connectivity index (χ3v) is 10.2. The average Bonchev–Trinajstić information content (AvgIpc) is 3.55. The van der Waals surface area contributed by atoms with Crippen molar-refractivity contribution >= 4 is 23.9 Å². The van der Waals surface area contributed by atoms with E-state index in [0.29, 0.717) is 24.7 Å². The summed E-state index contributed by atoms with van der Waals surface area (Å²) in [5, 5.41) is 0. The summed E-state index contributed by atoms with van der Waals surface area (Å²) in [4.78, 5) is 45.7. The van der Waals surface area contributed by atoms with Gasteiger partial charge in [-0.15, -0.1) is 0 Å². The molecule has 2 fully saturated rings. The summed E-state index contributed by atoms with van der Waals surface area (Å²) in [6, 6.07) is 0. The average molecular weight is 649 g/mol. The third kappa shape index (κ3) is 20.5. The Balaban J connectivity index is 0.000000460. The monoisotopic (exact) mass is 649 g/mol. The second-order valence-corrected chi connectivity index (χ2v) is 14.3. The van der Waals surface area contributed by atoms with Gasteiger partial charge in [0.05, 0.1) is 24.7 Å². The maximum Gasteiger partial charge on any atom is 0.317 e. The van der Waals surface area contributed by atoms with E-state index in [4.69, 9.17) is 4.74 Å². The summed E-state index contributed by atoms with van der Waals surface area (Å²) < 4.78 is 9.38. The number of esters is 4. The highest BCUT2D eigenvalue weighted by Crippen LogP contribution is 2.31. The number of cyclic esters (lactones) is 4. The van der Waals surface area contributed by atoms with Crippen molar-refractivity contribution in [2.75, 3.05) is 0 Å². The van der Waals surface area contributed by atoms with Crippen LogP contribution in [-0.2, 0) is 28.7 Å². The predicted octanol–water partition coefficient (Wildman–Crippen LogP) is 11.6. The largest absolute Gasteiger partial charge is 0.393 e. The molecule has 0 bridgehead atoms. The summed E-state index contributed by atoms with van der Waals surface area (Å²) >= 11 is 0. The number of carbonyl (C=O) groups excluding carboxylic acids is 4. The van der Waals surface area contributed by atoms with Gasteiger partial charge in [0.25, 0.3) is 0 Å². The predicted molar refractivity (Wildman–Crippen MR) is 188 cm³/mol. The number of unbranched alkanes of at least 4 members (excludes halogenated alkanes) is 18. The van der Waals surface area contributed by atoms with Gasteiger partial charge < -0.3 is 9.47 Å². The molecule has 6 nitrogen and oxygen atoms in total. The molecule has 2 aliphatic rings. The van der Waals surface area contributed by atoms with E-state index in [1.54, 1.807) is 0 Å². The topological polar surface area (TPSA) is 86.7 Å². The van der Waals surface area contributed by atoms with Crippen LogP contribution in [0.25, 0.3) is 0 Å². The van der Waals surface area contributed by atoms with E-state index in [1.165, 1.54) is 148 Å². The van der Waals surface area contributed by atoms with Gasteiger partial charge in [0.1, 0.15) is 0 Å². The lowest BCUT2D eigenvalue weighted by atomic mass is 9.84. The van der Waals surface area contributed by atoms with E-state index in [0.717, 1.165) is 19.3 Å². The molecule has 0 radical (unpaired) electrons. The molecule has 4 unspecified atom stereocenters. The molecule has 0 aromatic carbocycles. The zero-order chi connectivity index (χ0) is 33.8. The Labute approximate surface area is 283 Å². The Bertz CT molecular complexity index is 808. The third-order valence-electron chi connectivity index (χ3n) is 10.2. The van der Waals surface area contributed by atoms with E-state index in [1.807, 2.05) is 0 Å².